The lowest BCUT2D eigenvalue weighted by Crippen LogP contribution is -2.33. The van der Waals surface area contributed by atoms with Gasteiger partial charge in [0.2, 0.25) is 0 Å². The van der Waals surface area contributed by atoms with Crippen LogP contribution in [0, 0.1) is 0 Å². The highest BCUT2D eigenvalue weighted by Gasteiger charge is 2.22. The Morgan fingerprint density at radius 1 is 0.382 bits per heavy atom. The van der Waals surface area contributed by atoms with E-state index in [1.807, 2.05) is 35.6 Å². The Morgan fingerprint density at radius 2 is 0.897 bits per heavy atom. The van der Waals surface area contributed by atoms with Crippen LogP contribution in [0.4, 0.5) is 0 Å². The maximum atomic E-state index is 5.14. The SMILES string of the molecule is c1ccc(C2=NC(c3cccc(-c4cccc(-c5ccc(-n6c7ccc(-c8ccccc8)cc7c7cc(-c8cccc9sc%10ccccc%10c89)ccc76)cc5)c4)c3)=NC(c3ccccc3)N2)cc1. The van der Waals surface area contributed by atoms with Crippen molar-refractivity contribution in [2.75, 3.05) is 0 Å². The van der Waals surface area contributed by atoms with Gasteiger partial charge in [0.15, 0.2) is 5.84 Å². The Bertz CT molecular complexity index is 3920. The predicted molar refractivity (Wildman–Crippen MR) is 287 cm³/mol. The van der Waals surface area contributed by atoms with Crippen LogP contribution >= 0.6 is 11.3 Å². The molecule has 0 fully saturated rings. The molecule has 0 saturated carbocycles. The number of aliphatic imine (C=N–C) groups is 2. The fourth-order valence-electron chi connectivity index (χ4n) is 9.94. The fourth-order valence-corrected chi connectivity index (χ4v) is 11.1. The average molecular weight is 887 g/mol. The predicted octanol–water partition coefficient (Wildman–Crippen LogP) is 16.3. The lowest BCUT2D eigenvalue weighted by atomic mass is 9.97. The number of fused-ring (bicyclic) bond motifs is 6. The van der Waals surface area contributed by atoms with E-state index in [2.05, 4.69) is 228 Å². The molecular weight excluding hydrogens is 845 g/mol. The highest BCUT2D eigenvalue weighted by atomic mass is 32.1. The molecular formula is C63H42N4S. The summed E-state index contributed by atoms with van der Waals surface area (Å²) in [5.41, 5.74) is 16.0. The smallest absolute Gasteiger partial charge is 0.159 e. The van der Waals surface area contributed by atoms with Crippen LogP contribution in [0.5, 0.6) is 0 Å². The third-order valence-electron chi connectivity index (χ3n) is 13.3. The molecule has 1 aliphatic rings. The molecule has 0 amide bonds. The summed E-state index contributed by atoms with van der Waals surface area (Å²) in [4.78, 5) is 10.2. The molecule has 3 heterocycles. The van der Waals surface area contributed by atoms with E-state index < -0.39 is 0 Å². The first kappa shape index (κ1) is 39.7. The molecule has 0 aliphatic carbocycles. The van der Waals surface area contributed by atoms with Crippen molar-refractivity contribution < 1.29 is 0 Å². The molecule has 12 aromatic rings. The average Bonchev–Trinajstić information content (AvgIpc) is 3.97. The summed E-state index contributed by atoms with van der Waals surface area (Å²) in [5, 5.41) is 8.68. The van der Waals surface area contributed by atoms with Crippen molar-refractivity contribution in [3.8, 4) is 50.2 Å². The van der Waals surface area contributed by atoms with Crippen LogP contribution in [-0.2, 0) is 0 Å². The molecule has 0 radical (unpaired) electrons. The zero-order chi connectivity index (χ0) is 45.0. The standard InChI is InChI=1S/C63H42N4S/c1-4-15-41(16-5-1)48-31-35-56-54(39-48)55-40-49(52-26-14-28-59-60(52)53-25-10-11-27-58(53)68-59)32-36-57(55)67(56)51-33-29-42(30-34-51)45-21-12-22-46(37-45)47-23-13-24-50(38-47)63-65-61(43-17-6-2-7-18-43)64-62(66-63)44-19-8-3-9-20-44/h1-40,61H,(H,64,65,66). The minimum Gasteiger partial charge on any atom is -0.344 e. The molecule has 1 aliphatic heterocycles. The van der Waals surface area contributed by atoms with Crippen molar-refractivity contribution in [3.05, 3.63) is 259 Å². The van der Waals surface area contributed by atoms with Crippen molar-refractivity contribution in [1.29, 1.82) is 0 Å². The molecule has 2 aromatic heterocycles. The van der Waals surface area contributed by atoms with Gasteiger partial charge in [-0.3, -0.25) is 0 Å². The molecule has 320 valence electrons. The normalized spacial score (nSPS) is 13.7. The summed E-state index contributed by atoms with van der Waals surface area (Å²) in [6.07, 6.45) is -0.256. The zero-order valence-electron chi connectivity index (χ0n) is 36.9. The summed E-state index contributed by atoms with van der Waals surface area (Å²) < 4.78 is 5.05. The van der Waals surface area contributed by atoms with Crippen LogP contribution in [-0.4, -0.2) is 16.2 Å². The maximum Gasteiger partial charge on any atom is 0.159 e. The first-order valence-electron chi connectivity index (χ1n) is 23.1. The van der Waals surface area contributed by atoms with Crippen molar-refractivity contribution in [2.24, 2.45) is 9.98 Å². The highest BCUT2D eigenvalue weighted by molar-refractivity contribution is 7.25. The lowest BCUT2D eigenvalue weighted by molar-refractivity contribution is 0.674. The number of aromatic nitrogens is 1. The summed E-state index contributed by atoms with van der Waals surface area (Å²) in [5.74, 6) is 1.51. The number of hydrogen-bond donors (Lipinski definition) is 1. The molecule has 0 bridgehead atoms. The van der Waals surface area contributed by atoms with E-state index in [-0.39, 0.29) is 6.17 Å². The largest absolute Gasteiger partial charge is 0.344 e. The monoisotopic (exact) mass is 886 g/mol. The second-order valence-corrected chi connectivity index (χ2v) is 18.5. The van der Waals surface area contributed by atoms with Crippen LogP contribution in [0.15, 0.2) is 253 Å². The Kier molecular flexibility index (Phi) is 9.73. The Hall–Kier alpha value is -8.64. The Balaban J connectivity index is 0.866. The number of rotatable bonds is 8. The van der Waals surface area contributed by atoms with Gasteiger partial charge >= 0.3 is 0 Å². The van der Waals surface area contributed by atoms with E-state index in [1.54, 1.807) is 0 Å². The fraction of sp³-hybridized carbons (Fsp3) is 0.0159. The van der Waals surface area contributed by atoms with E-state index in [9.17, 15) is 0 Å². The van der Waals surface area contributed by atoms with Gasteiger partial charge in [0, 0.05) is 47.8 Å². The first-order valence-corrected chi connectivity index (χ1v) is 23.9. The van der Waals surface area contributed by atoms with Gasteiger partial charge in [-0.25, -0.2) is 9.98 Å². The minimum absolute atomic E-state index is 0.256. The first-order chi connectivity index (χ1) is 33.7. The lowest BCUT2D eigenvalue weighted by Gasteiger charge is -2.23. The molecule has 1 unspecified atom stereocenters. The summed E-state index contributed by atoms with van der Waals surface area (Å²) in [7, 11) is 0. The Morgan fingerprint density at radius 3 is 1.63 bits per heavy atom. The van der Waals surface area contributed by atoms with Crippen LogP contribution < -0.4 is 5.32 Å². The van der Waals surface area contributed by atoms with E-state index in [1.165, 1.54) is 64.2 Å². The Labute approximate surface area is 398 Å². The van der Waals surface area contributed by atoms with Gasteiger partial charge in [-0.2, -0.15) is 0 Å². The van der Waals surface area contributed by atoms with Crippen molar-refractivity contribution >= 4 is 65.0 Å². The van der Waals surface area contributed by atoms with E-state index >= 15 is 0 Å². The topological polar surface area (TPSA) is 41.7 Å². The zero-order valence-corrected chi connectivity index (χ0v) is 37.7. The van der Waals surface area contributed by atoms with Gasteiger partial charge in [0.1, 0.15) is 12.0 Å². The van der Waals surface area contributed by atoms with E-state index in [0.29, 0.717) is 5.84 Å². The van der Waals surface area contributed by atoms with Crippen LogP contribution in [0.2, 0.25) is 0 Å². The van der Waals surface area contributed by atoms with Gasteiger partial charge in [0.25, 0.3) is 0 Å². The molecule has 1 N–H and O–H groups in total. The van der Waals surface area contributed by atoms with Crippen LogP contribution in [0.3, 0.4) is 0 Å². The summed E-state index contributed by atoms with van der Waals surface area (Å²) in [6, 6.07) is 87.2. The van der Waals surface area contributed by atoms with Gasteiger partial charge in [-0.15, -0.1) is 11.3 Å². The molecule has 13 rings (SSSR count). The van der Waals surface area contributed by atoms with E-state index in [0.717, 1.165) is 50.5 Å². The number of benzene rings is 10. The number of nitrogens with one attached hydrogen (secondary N) is 1. The van der Waals surface area contributed by atoms with Gasteiger partial charge in [-0.05, 0) is 111 Å². The molecule has 1 atom stereocenters. The van der Waals surface area contributed by atoms with Gasteiger partial charge < -0.3 is 9.88 Å². The van der Waals surface area contributed by atoms with Crippen LogP contribution in [0.25, 0.3) is 92.2 Å². The van der Waals surface area contributed by atoms with Crippen molar-refractivity contribution in [3.63, 3.8) is 0 Å². The molecule has 68 heavy (non-hydrogen) atoms. The molecule has 5 heteroatoms. The maximum absolute atomic E-state index is 5.14. The van der Waals surface area contributed by atoms with E-state index in [4.69, 9.17) is 9.98 Å². The minimum atomic E-state index is -0.256. The number of nitrogens with zero attached hydrogens (tertiary/aromatic N) is 3. The number of thiophene rings is 1. The van der Waals surface area contributed by atoms with Gasteiger partial charge in [0.05, 0.1) is 11.0 Å². The summed E-state index contributed by atoms with van der Waals surface area (Å²) in [6.45, 7) is 0. The molecule has 4 nitrogen and oxygen atoms in total. The number of hydrogen-bond acceptors (Lipinski definition) is 4. The molecule has 0 spiro atoms. The third-order valence-corrected chi connectivity index (χ3v) is 14.4. The highest BCUT2D eigenvalue weighted by Crippen LogP contribution is 2.43. The van der Waals surface area contributed by atoms with Gasteiger partial charge in [-0.1, -0.05) is 182 Å². The third kappa shape index (κ3) is 7.09. The quantitative estimate of drug-likeness (QED) is 0.162. The molecule has 10 aromatic carbocycles. The summed E-state index contributed by atoms with van der Waals surface area (Å²) >= 11 is 1.87. The molecule has 0 saturated heterocycles. The second kappa shape index (κ2) is 16.7. The van der Waals surface area contributed by atoms with Crippen molar-refractivity contribution in [2.45, 2.75) is 6.17 Å². The second-order valence-electron chi connectivity index (χ2n) is 17.4. The van der Waals surface area contributed by atoms with Crippen molar-refractivity contribution in [1.82, 2.24) is 9.88 Å². The number of amidine groups is 2. The van der Waals surface area contributed by atoms with Crippen LogP contribution in [0.1, 0.15) is 22.9 Å².